The van der Waals surface area contributed by atoms with E-state index in [0.717, 1.165) is 0 Å². The first-order chi connectivity index (χ1) is 20.1. The fourth-order valence-electron chi connectivity index (χ4n) is 3.00. The molecule has 2 unspecified atom stereocenters. The summed E-state index contributed by atoms with van der Waals surface area (Å²) < 4.78 is 16.5. The Morgan fingerprint density at radius 3 is 0.833 bits per heavy atom. The first-order valence-corrected chi connectivity index (χ1v) is 11.0. The summed E-state index contributed by atoms with van der Waals surface area (Å²) in [4.78, 5) is 125. The Labute approximate surface area is 385 Å². The molecular formula is C21H14Ca4O23. The fraction of sp³-hybridized carbons (Fsp3) is 0.476. The van der Waals surface area contributed by atoms with Gasteiger partial charge in [-0.15, -0.1) is 0 Å². The molecule has 0 aromatic rings. The van der Waals surface area contributed by atoms with Gasteiger partial charge in [-0.2, -0.15) is 0 Å². The molecule has 0 rings (SSSR count). The topological polar surface area (TPSA) is 409 Å². The zero-order valence-corrected chi connectivity index (χ0v) is 32.9. The fourth-order valence-corrected chi connectivity index (χ4v) is 3.00. The van der Waals surface area contributed by atoms with Crippen molar-refractivity contribution in [2.24, 2.45) is 0 Å². The van der Waals surface area contributed by atoms with Crippen LogP contribution in [0.15, 0.2) is 0 Å². The predicted octanol–water partition coefficient (Wildman–Crippen LogP) is -14.7. The monoisotopic (exact) mass is 794 g/mol. The molecule has 0 fully saturated rings. The van der Waals surface area contributed by atoms with Gasteiger partial charge in [-0.05, 0) is 0 Å². The molecule has 244 valence electrons. The minimum Gasteiger partial charge on any atom is -0.550 e. The van der Waals surface area contributed by atoms with E-state index >= 15 is 0 Å². The van der Waals surface area contributed by atoms with Crippen LogP contribution in [-0.2, 0) is 66.9 Å². The van der Waals surface area contributed by atoms with Crippen LogP contribution in [0.4, 0.5) is 4.79 Å². The number of ether oxygens (including phenoxy) is 4. The second-order valence-corrected chi connectivity index (χ2v) is 8.22. The van der Waals surface area contributed by atoms with E-state index in [1.807, 2.05) is 0 Å². The van der Waals surface area contributed by atoms with E-state index in [4.69, 9.17) is 0 Å². The summed E-state index contributed by atoms with van der Waals surface area (Å²) in [5.74, 6) is -23.7. The van der Waals surface area contributed by atoms with Gasteiger partial charge in [0, 0.05) is 49.6 Å². The van der Waals surface area contributed by atoms with Gasteiger partial charge < -0.3 is 98.2 Å². The summed E-state index contributed by atoms with van der Waals surface area (Å²) in [6, 6.07) is 0. The smallest absolute Gasteiger partial charge is 0.550 e. The van der Waals surface area contributed by atoms with Crippen LogP contribution in [0.25, 0.3) is 0 Å². The van der Waals surface area contributed by atoms with Crippen LogP contribution in [0.1, 0.15) is 38.5 Å². The number of hydrogen-bond acceptors (Lipinski definition) is 23. The van der Waals surface area contributed by atoms with Crippen molar-refractivity contribution >= 4 is 217 Å². The summed E-state index contributed by atoms with van der Waals surface area (Å²) >= 11 is 0. The standard InChI is InChI=1S/C21H22O23.4Ca/c22-9(23)3-20(17(36)37,4-10(24)25)43-13(30)1-7(15(32)33)41-19(40)42-8(16(34)35)2-14(31)44-21(18(38)39,5-11(26)27)6-12(28)29;;;;/h7-8H,1-6H2,(H,22,23)(H,24,25)(H,26,27)(H,28,29)(H,32,33)(H,34,35)(H,36,37)(H,38,39);;;;/q;4*+2/p-8. The number of carbonyl (C=O) groups is 11. The average molecular weight is 795 g/mol. The zero-order chi connectivity index (χ0) is 34.6. The predicted molar refractivity (Wildman–Crippen MR) is 124 cm³/mol. The average Bonchev–Trinajstić information content (AvgIpc) is 2.80. The van der Waals surface area contributed by atoms with E-state index in [9.17, 15) is 93.6 Å². The van der Waals surface area contributed by atoms with Crippen LogP contribution in [0.5, 0.6) is 0 Å². The van der Waals surface area contributed by atoms with Crippen LogP contribution in [0.2, 0.25) is 0 Å². The minimum absolute atomic E-state index is 0. The maximum absolute atomic E-state index is 12.1. The number of esters is 2. The van der Waals surface area contributed by atoms with Crippen LogP contribution >= 0.6 is 0 Å². The third kappa shape index (κ3) is 20.6. The number of carboxylic acid groups (broad SMARTS) is 8. The maximum Gasteiger partial charge on any atom is 2.00 e. The molecule has 0 N–H and O–H groups in total. The van der Waals surface area contributed by atoms with E-state index in [1.165, 1.54) is 0 Å². The number of rotatable bonds is 20. The van der Waals surface area contributed by atoms with Gasteiger partial charge in [0.25, 0.3) is 0 Å². The quantitative estimate of drug-likeness (QED) is 0.0627. The Morgan fingerprint density at radius 2 is 0.667 bits per heavy atom. The third-order valence-corrected chi connectivity index (χ3v) is 4.79. The molecule has 0 aliphatic rings. The Kier molecular flexibility index (Phi) is 30.4. The Morgan fingerprint density at radius 1 is 0.438 bits per heavy atom. The van der Waals surface area contributed by atoms with Crippen molar-refractivity contribution in [3.8, 4) is 0 Å². The molecule has 48 heavy (non-hydrogen) atoms. The molecule has 23 nitrogen and oxygen atoms in total. The number of carbonyl (C=O) groups excluding carboxylic acids is 11. The molecule has 0 spiro atoms. The number of carboxylic acids is 8. The van der Waals surface area contributed by atoms with E-state index < -0.39 is 128 Å². The van der Waals surface area contributed by atoms with Crippen molar-refractivity contribution in [3.05, 3.63) is 0 Å². The number of hydrogen-bond donors (Lipinski definition) is 0. The second-order valence-electron chi connectivity index (χ2n) is 8.22. The largest absolute Gasteiger partial charge is 2.00 e. The van der Waals surface area contributed by atoms with Crippen molar-refractivity contribution in [1.29, 1.82) is 0 Å². The van der Waals surface area contributed by atoms with Gasteiger partial charge in [-0.25, -0.2) is 4.79 Å². The van der Waals surface area contributed by atoms with Crippen LogP contribution in [0, 0.1) is 0 Å². The Bertz CT molecular complexity index is 1120. The van der Waals surface area contributed by atoms with Crippen molar-refractivity contribution < 1.29 is 113 Å². The van der Waals surface area contributed by atoms with E-state index in [2.05, 4.69) is 18.9 Å². The van der Waals surface area contributed by atoms with Gasteiger partial charge in [-0.3, -0.25) is 9.59 Å². The van der Waals surface area contributed by atoms with Crippen LogP contribution < -0.4 is 40.9 Å². The molecule has 0 bridgehead atoms. The molecule has 0 amide bonds. The first-order valence-electron chi connectivity index (χ1n) is 11.0. The Balaban J connectivity index is -0.00000154. The van der Waals surface area contributed by atoms with Crippen molar-refractivity contribution in [1.82, 2.24) is 0 Å². The van der Waals surface area contributed by atoms with E-state index in [1.54, 1.807) is 0 Å². The first kappa shape index (κ1) is 56.4. The van der Waals surface area contributed by atoms with Crippen molar-refractivity contribution in [3.63, 3.8) is 0 Å². The molecule has 0 aromatic carbocycles. The van der Waals surface area contributed by atoms with Gasteiger partial charge in [0.15, 0.2) is 23.4 Å². The minimum atomic E-state index is -3.53. The molecule has 2 atom stereocenters. The van der Waals surface area contributed by atoms with Crippen molar-refractivity contribution in [2.45, 2.75) is 61.9 Å². The van der Waals surface area contributed by atoms with Gasteiger partial charge in [0.05, 0.1) is 36.7 Å². The molecule has 0 aliphatic heterocycles. The molecular weight excluding hydrogens is 781 g/mol. The summed E-state index contributed by atoms with van der Waals surface area (Å²) in [5, 5.41) is 88.5. The molecule has 0 radical (unpaired) electrons. The summed E-state index contributed by atoms with van der Waals surface area (Å²) in [6.07, 6.45) is -19.2. The molecule has 0 heterocycles. The zero-order valence-electron chi connectivity index (χ0n) is 24.1. The van der Waals surface area contributed by atoms with Gasteiger partial charge in [-0.1, -0.05) is 0 Å². The summed E-state index contributed by atoms with van der Waals surface area (Å²) in [5.41, 5.74) is -7.06. The van der Waals surface area contributed by atoms with Gasteiger partial charge in [0.1, 0.15) is 0 Å². The summed E-state index contributed by atoms with van der Waals surface area (Å²) in [6.45, 7) is 0. The van der Waals surface area contributed by atoms with Crippen LogP contribution in [0.3, 0.4) is 0 Å². The molecule has 0 aromatic heterocycles. The third-order valence-electron chi connectivity index (χ3n) is 4.79. The molecule has 0 saturated heterocycles. The van der Waals surface area contributed by atoms with E-state index in [0.29, 0.717) is 0 Å². The van der Waals surface area contributed by atoms with Crippen molar-refractivity contribution in [2.75, 3.05) is 0 Å². The number of aliphatic carboxylic acids is 8. The Hall–Kier alpha value is -0.991. The second kappa shape index (κ2) is 25.9. The van der Waals surface area contributed by atoms with Gasteiger partial charge >= 0.3 is 169 Å². The normalized spacial score (nSPS) is 11.3. The maximum atomic E-state index is 12.1. The molecule has 0 saturated carbocycles. The van der Waals surface area contributed by atoms with Gasteiger partial charge in [0.2, 0.25) is 0 Å². The van der Waals surface area contributed by atoms with E-state index in [-0.39, 0.29) is 151 Å². The SMILES string of the molecule is O=C([O-])CC(CC(=O)[O-])(OC(=O)CC(OC(=O)OC(CC(=O)OC(CC(=O)[O-])(CC(=O)[O-])C(=O)[O-])C(=O)[O-])C(=O)[O-])C(=O)[O-].[Ca+2].[Ca+2].[Ca+2].[Ca+2]. The summed E-state index contributed by atoms with van der Waals surface area (Å²) in [7, 11) is 0. The molecule has 27 heteroatoms. The molecule has 0 aliphatic carbocycles. The van der Waals surface area contributed by atoms with Crippen LogP contribution in [-0.4, -0.2) is 240 Å².